The first-order valence-corrected chi connectivity index (χ1v) is 4.47. The van der Waals surface area contributed by atoms with Crippen LogP contribution in [0.25, 0.3) is 0 Å². The number of alkyl halides is 3. The van der Waals surface area contributed by atoms with Gasteiger partial charge in [-0.3, -0.25) is 0 Å². The molecule has 18 heavy (non-hydrogen) atoms. The SMILES string of the molecule is COc1c(OCC(F)(F)F)ccnc1OC(=O)O. The molecule has 1 rings (SSSR count). The van der Waals surface area contributed by atoms with Crippen LogP contribution in [0.3, 0.4) is 0 Å². The maximum Gasteiger partial charge on any atom is 0.512 e. The first-order valence-electron chi connectivity index (χ1n) is 4.47. The molecule has 1 aromatic rings. The van der Waals surface area contributed by atoms with Crippen LogP contribution in [0.15, 0.2) is 12.3 Å². The fourth-order valence-corrected chi connectivity index (χ4v) is 1.03. The molecule has 0 unspecified atom stereocenters. The normalized spacial score (nSPS) is 10.9. The van der Waals surface area contributed by atoms with E-state index in [4.69, 9.17) is 9.84 Å². The van der Waals surface area contributed by atoms with Crippen molar-refractivity contribution in [2.24, 2.45) is 0 Å². The monoisotopic (exact) mass is 267 g/mol. The molecule has 1 aromatic heterocycles. The molecule has 0 saturated carbocycles. The third kappa shape index (κ3) is 4.00. The Morgan fingerprint density at radius 2 is 2.17 bits per heavy atom. The van der Waals surface area contributed by atoms with E-state index in [0.29, 0.717) is 0 Å². The van der Waals surface area contributed by atoms with Gasteiger partial charge in [-0.15, -0.1) is 0 Å². The van der Waals surface area contributed by atoms with Crippen molar-refractivity contribution in [3.8, 4) is 17.4 Å². The van der Waals surface area contributed by atoms with Crippen LogP contribution >= 0.6 is 0 Å². The van der Waals surface area contributed by atoms with Gasteiger partial charge in [-0.05, 0) is 0 Å². The molecule has 0 amide bonds. The third-order valence-corrected chi connectivity index (χ3v) is 1.62. The van der Waals surface area contributed by atoms with Gasteiger partial charge in [0, 0.05) is 12.3 Å². The highest BCUT2D eigenvalue weighted by atomic mass is 19.4. The van der Waals surface area contributed by atoms with Gasteiger partial charge in [-0.1, -0.05) is 0 Å². The van der Waals surface area contributed by atoms with E-state index in [1.165, 1.54) is 0 Å². The molecule has 0 fully saturated rings. The molecule has 0 saturated heterocycles. The second-order valence-electron chi connectivity index (χ2n) is 2.92. The lowest BCUT2D eigenvalue weighted by Crippen LogP contribution is -2.19. The van der Waals surface area contributed by atoms with E-state index >= 15 is 0 Å². The van der Waals surface area contributed by atoms with Gasteiger partial charge in [-0.25, -0.2) is 9.78 Å². The molecule has 0 aliphatic heterocycles. The number of methoxy groups -OCH3 is 1. The minimum absolute atomic E-state index is 0.318. The zero-order valence-corrected chi connectivity index (χ0v) is 9.02. The number of hydrogen-bond acceptors (Lipinski definition) is 5. The quantitative estimate of drug-likeness (QED) is 0.841. The van der Waals surface area contributed by atoms with Crippen LogP contribution in [0, 0.1) is 0 Å². The minimum atomic E-state index is -4.53. The first-order chi connectivity index (χ1) is 8.33. The van der Waals surface area contributed by atoms with E-state index in [1.807, 2.05) is 0 Å². The standard InChI is InChI=1S/C9H8F3NO5/c1-16-6-5(17-4-9(10,11)12)2-3-13-7(6)18-8(14)15/h2-3H,4H2,1H3,(H,14,15). The van der Waals surface area contributed by atoms with Gasteiger partial charge < -0.3 is 19.3 Å². The van der Waals surface area contributed by atoms with Crippen molar-refractivity contribution in [1.82, 2.24) is 4.98 Å². The number of nitrogens with zero attached hydrogens (tertiary/aromatic N) is 1. The number of ether oxygens (including phenoxy) is 3. The summed E-state index contributed by atoms with van der Waals surface area (Å²) in [4.78, 5) is 13.8. The molecule has 0 radical (unpaired) electrons. The van der Waals surface area contributed by atoms with E-state index in [0.717, 1.165) is 19.4 Å². The van der Waals surface area contributed by atoms with Crippen molar-refractivity contribution in [3.63, 3.8) is 0 Å². The van der Waals surface area contributed by atoms with Crippen LogP contribution < -0.4 is 14.2 Å². The summed E-state index contributed by atoms with van der Waals surface area (Å²) in [6.45, 7) is -1.54. The summed E-state index contributed by atoms with van der Waals surface area (Å²) in [6, 6.07) is 1.10. The summed E-state index contributed by atoms with van der Waals surface area (Å²) in [6.07, 6.45) is -5.16. The van der Waals surface area contributed by atoms with Gasteiger partial charge in [0.05, 0.1) is 7.11 Å². The fourth-order valence-electron chi connectivity index (χ4n) is 1.03. The largest absolute Gasteiger partial charge is 0.512 e. The highest BCUT2D eigenvalue weighted by Crippen LogP contribution is 2.35. The van der Waals surface area contributed by atoms with Gasteiger partial charge in [0.15, 0.2) is 12.4 Å². The van der Waals surface area contributed by atoms with Crippen LogP contribution in [0.2, 0.25) is 0 Å². The van der Waals surface area contributed by atoms with E-state index in [9.17, 15) is 18.0 Å². The highest BCUT2D eigenvalue weighted by Gasteiger charge is 2.29. The predicted octanol–water partition coefficient (Wildman–Crippen LogP) is 2.09. The van der Waals surface area contributed by atoms with Gasteiger partial charge in [0.2, 0.25) is 5.75 Å². The molecular formula is C9H8F3NO5. The summed E-state index contributed by atoms with van der Waals surface area (Å²) in [5, 5.41) is 8.40. The molecule has 100 valence electrons. The number of rotatable bonds is 4. The average molecular weight is 267 g/mol. The second-order valence-corrected chi connectivity index (χ2v) is 2.92. The second kappa shape index (κ2) is 5.43. The Morgan fingerprint density at radius 3 is 2.67 bits per heavy atom. The molecule has 6 nitrogen and oxygen atoms in total. The first kappa shape index (κ1) is 13.9. The molecule has 0 atom stereocenters. The van der Waals surface area contributed by atoms with E-state index in [2.05, 4.69) is 14.5 Å². The summed E-state index contributed by atoms with van der Waals surface area (Å²) < 4.78 is 49.3. The van der Waals surface area contributed by atoms with Crippen molar-refractivity contribution < 1.29 is 37.3 Å². The average Bonchev–Trinajstić information content (AvgIpc) is 2.24. The lowest BCUT2D eigenvalue weighted by Gasteiger charge is -2.13. The fraction of sp³-hybridized carbons (Fsp3) is 0.333. The summed E-state index contributed by atoms with van der Waals surface area (Å²) in [5.41, 5.74) is 0. The minimum Gasteiger partial charge on any atom is -0.489 e. The zero-order valence-electron chi connectivity index (χ0n) is 9.02. The third-order valence-electron chi connectivity index (χ3n) is 1.62. The zero-order chi connectivity index (χ0) is 13.8. The topological polar surface area (TPSA) is 77.9 Å². The molecule has 0 aromatic carbocycles. The van der Waals surface area contributed by atoms with Crippen LogP contribution in [0.5, 0.6) is 17.4 Å². The number of pyridine rings is 1. The van der Waals surface area contributed by atoms with Crippen LogP contribution in [-0.2, 0) is 0 Å². The summed E-state index contributed by atoms with van der Waals surface area (Å²) in [5.74, 6) is -1.14. The number of carboxylic acid groups (broad SMARTS) is 1. The maximum atomic E-state index is 12.0. The Hall–Kier alpha value is -2.19. The van der Waals surface area contributed by atoms with E-state index in [1.54, 1.807) is 0 Å². The lowest BCUT2D eigenvalue weighted by atomic mass is 10.4. The smallest absolute Gasteiger partial charge is 0.489 e. The van der Waals surface area contributed by atoms with Crippen molar-refractivity contribution in [2.45, 2.75) is 6.18 Å². The highest BCUT2D eigenvalue weighted by molar-refractivity contribution is 5.63. The molecule has 1 N–H and O–H groups in total. The van der Waals surface area contributed by atoms with E-state index in [-0.39, 0.29) is 11.5 Å². The van der Waals surface area contributed by atoms with Crippen molar-refractivity contribution >= 4 is 6.16 Å². The molecule has 0 spiro atoms. The van der Waals surface area contributed by atoms with Gasteiger partial charge >= 0.3 is 12.3 Å². The van der Waals surface area contributed by atoms with Crippen LogP contribution in [-0.4, -0.2) is 36.1 Å². The molecule has 9 heteroatoms. The summed E-state index contributed by atoms with van der Waals surface area (Å²) >= 11 is 0. The van der Waals surface area contributed by atoms with Gasteiger partial charge in [0.1, 0.15) is 0 Å². The molecule has 0 bridgehead atoms. The predicted molar refractivity (Wildman–Crippen MR) is 51.0 cm³/mol. The summed E-state index contributed by atoms with van der Waals surface area (Å²) in [7, 11) is 1.12. The van der Waals surface area contributed by atoms with Gasteiger partial charge in [0.25, 0.3) is 5.88 Å². The Bertz CT molecular complexity index is 435. The number of halogens is 3. The van der Waals surface area contributed by atoms with E-state index < -0.39 is 24.8 Å². The Kier molecular flexibility index (Phi) is 4.18. The Balaban J connectivity index is 2.94. The number of hydrogen-bond donors (Lipinski definition) is 1. The Morgan fingerprint density at radius 1 is 1.50 bits per heavy atom. The van der Waals surface area contributed by atoms with Crippen LogP contribution in [0.4, 0.5) is 18.0 Å². The number of aromatic nitrogens is 1. The van der Waals surface area contributed by atoms with Crippen molar-refractivity contribution in [3.05, 3.63) is 12.3 Å². The molecule has 0 aliphatic carbocycles. The lowest BCUT2D eigenvalue weighted by molar-refractivity contribution is -0.153. The molecular weight excluding hydrogens is 259 g/mol. The molecule has 1 heterocycles. The Labute approximate surface area is 98.9 Å². The van der Waals surface area contributed by atoms with Crippen LogP contribution in [0.1, 0.15) is 0 Å². The van der Waals surface area contributed by atoms with Crippen molar-refractivity contribution in [2.75, 3.05) is 13.7 Å². The molecule has 0 aliphatic rings. The maximum absolute atomic E-state index is 12.0. The van der Waals surface area contributed by atoms with Crippen molar-refractivity contribution in [1.29, 1.82) is 0 Å². The van der Waals surface area contributed by atoms with Gasteiger partial charge in [-0.2, -0.15) is 13.2 Å². The number of carbonyl (C=O) groups is 1.